The topological polar surface area (TPSA) is 268 Å². The maximum atomic E-state index is 11.4. The van der Waals surface area contributed by atoms with E-state index in [2.05, 4.69) is 10.6 Å². The molecule has 2 saturated heterocycles. The van der Waals surface area contributed by atoms with Gasteiger partial charge in [0, 0.05) is 17.8 Å². The van der Waals surface area contributed by atoms with Gasteiger partial charge in [-0.1, -0.05) is 0 Å². The highest BCUT2D eigenvalue weighted by molar-refractivity contribution is 5.78. The number of hydrogen-bond acceptors (Lipinski definition) is 14. The van der Waals surface area contributed by atoms with Crippen molar-refractivity contribution in [2.45, 2.75) is 80.2 Å². The van der Waals surface area contributed by atoms with E-state index in [0.29, 0.717) is 11.4 Å². The fourth-order valence-corrected chi connectivity index (χ4v) is 4.26. The second kappa shape index (κ2) is 13.6. The number of nitrogens with one attached hydrogen (secondary N) is 2. The zero-order chi connectivity index (χ0) is 28.9. The molecule has 0 spiro atoms. The lowest BCUT2D eigenvalue weighted by molar-refractivity contribution is -0.340. The van der Waals surface area contributed by atoms with E-state index in [0.717, 1.165) is 0 Å². The van der Waals surface area contributed by atoms with Gasteiger partial charge in [-0.15, -0.1) is 0 Å². The molecule has 1 aromatic carbocycles. The first-order chi connectivity index (χ1) is 18.5. The summed E-state index contributed by atoms with van der Waals surface area (Å²) < 4.78 is 16.4. The molecular weight excluding hydrogens is 528 g/mol. The van der Waals surface area contributed by atoms with Gasteiger partial charge in [0.15, 0.2) is 12.5 Å². The van der Waals surface area contributed by atoms with Crippen molar-refractivity contribution in [3.8, 4) is 0 Å². The average Bonchev–Trinajstić information content (AvgIpc) is 2.91. The summed E-state index contributed by atoms with van der Waals surface area (Å²) in [6.07, 6.45) is -15.8. The smallest absolute Gasteiger partial charge is 0.326 e. The van der Waals surface area contributed by atoms with Gasteiger partial charge < -0.3 is 70.8 Å². The summed E-state index contributed by atoms with van der Waals surface area (Å²) in [5, 5.41) is 94.2. The molecular formula is C23H34N2O14. The van der Waals surface area contributed by atoms with Gasteiger partial charge in [0.25, 0.3) is 0 Å². The summed E-state index contributed by atoms with van der Waals surface area (Å²) in [5.74, 6) is -2.35. The van der Waals surface area contributed by atoms with E-state index in [-0.39, 0.29) is 12.8 Å². The zero-order valence-corrected chi connectivity index (χ0v) is 20.6. The van der Waals surface area contributed by atoms with Gasteiger partial charge in [0.05, 0.1) is 13.2 Å². The van der Waals surface area contributed by atoms with Gasteiger partial charge in [-0.05, 0) is 30.7 Å². The van der Waals surface area contributed by atoms with Crippen molar-refractivity contribution in [2.24, 2.45) is 0 Å². The zero-order valence-electron chi connectivity index (χ0n) is 20.6. The van der Waals surface area contributed by atoms with Crippen LogP contribution in [0.1, 0.15) is 12.8 Å². The highest BCUT2D eigenvalue weighted by atomic mass is 16.7. The van der Waals surface area contributed by atoms with Crippen LogP contribution in [-0.4, -0.2) is 139 Å². The molecule has 1 unspecified atom stereocenters. The molecule has 11 atom stereocenters. The molecule has 0 amide bonds. The number of carbonyl (C=O) groups is 2. The van der Waals surface area contributed by atoms with Crippen LogP contribution in [0.2, 0.25) is 0 Å². The molecule has 3 rings (SSSR count). The van der Waals surface area contributed by atoms with Crippen LogP contribution in [-0.2, 0) is 23.8 Å². The minimum atomic E-state index is -1.78. The van der Waals surface area contributed by atoms with E-state index in [1.807, 2.05) is 0 Å². The first-order valence-electron chi connectivity index (χ1n) is 12.1. The van der Waals surface area contributed by atoms with Crippen molar-refractivity contribution in [1.29, 1.82) is 0 Å². The summed E-state index contributed by atoms with van der Waals surface area (Å²) in [6, 6.07) is 4.87. The lowest BCUT2D eigenvalue weighted by Crippen LogP contribution is -2.65. The second-order valence-electron chi connectivity index (χ2n) is 9.25. The first-order valence-corrected chi connectivity index (χ1v) is 12.1. The van der Waals surface area contributed by atoms with Crippen molar-refractivity contribution < 1.29 is 69.8 Å². The normalized spacial score (nSPS) is 35.7. The minimum Gasteiger partial charge on any atom is -0.481 e. The van der Waals surface area contributed by atoms with Crippen LogP contribution in [0.3, 0.4) is 0 Å². The molecule has 2 heterocycles. The number of ether oxygens (including phenoxy) is 3. The van der Waals surface area contributed by atoms with Crippen molar-refractivity contribution in [2.75, 3.05) is 23.8 Å². The molecule has 11 N–H and O–H groups in total. The van der Waals surface area contributed by atoms with Crippen LogP contribution in [0.4, 0.5) is 11.4 Å². The molecule has 0 radical (unpaired) electrons. The lowest BCUT2D eigenvalue weighted by Gasteiger charge is -2.46. The lowest BCUT2D eigenvalue weighted by atomic mass is 9.96. The van der Waals surface area contributed by atoms with E-state index in [1.165, 1.54) is 24.3 Å². The van der Waals surface area contributed by atoms with E-state index in [4.69, 9.17) is 19.3 Å². The SMILES string of the molecule is O=C(O)CCC(Nc1ccc(N[C@@H]2O[C@H](CO)[C@@H](O[C@@H]3O[C@H](CO)[C@@H](O)[C@H](O)[C@H]3O)[C@H](O)[C@H]2O)cc1)C(=O)O. The van der Waals surface area contributed by atoms with Crippen LogP contribution in [0.15, 0.2) is 24.3 Å². The molecule has 16 nitrogen and oxygen atoms in total. The first kappa shape index (κ1) is 30.9. The number of aliphatic carboxylic acids is 2. The molecule has 0 bridgehead atoms. The highest BCUT2D eigenvalue weighted by Gasteiger charge is 2.50. The third kappa shape index (κ3) is 7.52. The van der Waals surface area contributed by atoms with Gasteiger partial charge in [-0.2, -0.15) is 0 Å². The molecule has 0 aliphatic carbocycles. The standard InChI is InChI=1S/C23H34N2O14/c26-7-12-15(30)16(31)19(34)23(38-12)39-20-13(8-27)37-21(18(33)17(20)32)25-10-3-1-9(2-4-10)24-11(22(35)36)5-6-14(28)29/h1-4,11-13,15-21,23-27,30-34H,5-8H2,(H,28,29)(H,35,36)/t11?,12-,13-,15-,16+,17-,18-,19-,20-,21-,23+/m1/s1. The molecule has 2 aliphatic heterocycles. The fourth-order valence-electron chi connectivity index (χ4n) is 4.26. The molecule has 0 saturated carbocycles. The summed E-state index contributed by atoms with van der Waals surface area (Å²) in [6.45, 7) is -1.40. The molecule has 220 valence electrons. The fraction of sp³-hybridized carbons (Fsp3) is 0.652. The summed E-state index contributed by atoms with van der Waals surface area (Å²) in [4.78, 5) is 22.1. The number of rotatable bonds is 12. The van der Waals surface area contributed by atoms with E-state index < -0.39 is 92.5 Å². The van der Waals surface area contributed by atoms with E-state index >= 15 is 0 Å². The van der Waals surface area contributed by atoms with Gasteiger partial charge in [-0.25, -0.2) is 4.79 Å². The Morgan fingerprint density at radius 3 is 2.00 bits per heavy atom. The Hall–Kier alpha value is -2.64. The van der Waals surface area contributed by atoms with Crippen LogP contribution in [0.5, 0.6) is 0 Å². The number of hydrogen-bond donors (Lipinski definition) is 11. The van der Waals surface area contributed by atoms with E-state index in [9.17, 15) is 50.4 Å². The number of aliphatic hydroxyl groups is 7. The Morgan fingerprint density at radius 2 is 1.44 bits per heavy atom. The Morgan fingerprint density at radius 1 is 0.821 bits per heavy atom. The molecule has 16 heteroatoms. The molecule has 39 heavy (non-hydrogen) atoms. The Labute approximate surface area is 222 Å². The maximum Gasteiger partial charge on any atom is 0.326 e. The summed E-state index contributed by atoms with van der Waals surface area (Å²) in [7, 11) is 0. The molecule has 0 aromatic heterocycles. The van der Waals surface area contributed by atoms with Gasteiger partial charge in [-0.3, -0.25) is 4.79 Å². The number of anilines is 2. The van der Waals surface area contributed by atoms with Crippen molar-refractivity contribution in [3.63, 3.8) is 0 Å². The Balaban J connectivity index is 1.64. The summed E-state index contributed by atoms with van der Waals surface area (Å²) in [5.41, 5.74) is 0.754. The van der Waals surface area contributed by atoms with Crippen LogP contribution < -0.4 is 10.6 Å². The van der Waals surface area contributed by atoms with Gasteiger partial charge >= 0.3 is 11.9 Å². The second-order valence-corrected chi connectivity index (χ2v) is 9.25. The maximum absolute atomic E-state index is 11.4. The average molecular weight is 563 g/mol. The molecule has 2 fully saturated rings. The van der Waals surface area contributed by atoms with E-state index in [1.54, 1.807) is 0 Å². The number of benzene rings is 1. The third-order valence-corrected chi connectivity index (χ3v) is 6.48. The van der Waals surface area contributed by atoms with Crippen molar-refractivity contribution in [1.82, 2.24) is 0 Å². The van der Waals surface area contributed by atoms with Gasteiger partial charge in [0.2, 0.25) is 0 Å². The largest absolute Gasteiger partial charge is 0.481 e. The highest BCUT2D eigenvalue weighted by Crippen LogP contribution is 2.30. The predicted molar refractivity (Wildman–Crippen MR) is 128 cm³/mol. The van der Waals surface area contributed by atoms with Crippen molar-refractivity contribution >= 4 is 23.3 Å². The third-order valence-electron chi connectivity index (χ3n) is 6.48. The van der Waals surface area contributed by atoms with Crippen LogP contribution in [0.25, 0.3) is 0 Å². The number of carboxylic acid groups (broad SMARTS) is 2. The van der Waals surface area contributed by atoms with Crippen LogP contribution in [0, 0.1) is 0 Å². The minimum absolute atomic E-state index is 0.139. The monoisotopic (exact) mass is 562 g/mol. The quantitative estimate of drug-likeness (QED) is 0.118. The van der Waals surface area contributed by atoms with Gasteiger partial charge in [0.1, 0.15) is 54.9 Å². The Bertz CT molecular complexity index is 947. The Kier molecular flexibility index (Phi) is 10.8. The van der Waals surface area contributed by atoms with Crippen LogP contribution >= 0.6 is 0 Å². The van der Waals surface area contributed by atoms with Crippen molar-refractivity contribution in [3.05, 3.63) is 24.3 Å². The number of carboxylic acids is 2. The molecule has 1 aromatic rings. The summed E-state index contributed by atoms with van der Waals surface area (Å²) >= 11 is 0. The number of aliphatic hydroxyl groups excluding tert-OH is 7. The molecule has 2 aliphatic rings. The predicted octanol–water partition coefficient (Wildman–Crippen LogP) is -3.55.